The minimum atomic E-state index is 0.560. The van der Waals surface area contributed by atoms with Crippen molar-refractivity contribution >= 4 is 26.8 Å². The Morgan fingerprint density at radius 2 is 2.11 bits per heavy atom. The maximum absolute atomic E-state index is 4.72. The molecule has 4 heteroatoms. The van der Waals surface area contributed by atoms with E-state index in [1.807, 2.05) is 0 Å². The van der Waals surface area contributed by atoms with Gasteiger partial charge in [-0.3, -0.25) is 4.68 Å². The largest absolute Gasteiger partial charge is 0.308 e. The van der Waals surface area contributed by atoms with Crippen molar-refractivity contribution in [1.29, 1.82) is 0 Å². The molecule has 1 aromatic carbocycles. The molecule has 0 amide bonds. The van der Waals surface area contributed by atoms with Crippen LogP contribution in [0.25, 0.3) is 10.9 Å². The predicted octanol–water partition coefficient (Wildman–Crippen LogP) is 3.71. The number of aryl methyl sites for hydroxylation is 1. The molecule has 0 fully saturated rings. The molecule has 19 heavy (non-hydrogen) atoms. The summed E-state index contributed by atoms with van der Waals surface area (Å²) in [7, 11) is 0. The van der Waals surface area contributed by atoms with E-state index in [0.717, 1.165) is 37.0 Å². The lowest BCUT2D eigenvalue weighted by molar-refractivity contribution is 0.482. The number of nitrogens with zero attached hydrogens (tertiary/aromatic N) is 2. The lowest BCUT2D eigenvalue weighted by Crippen LogP contribution is -2.28. The number of benzene rings is 1. The first-order chi connectivity index (χ1) is 9.30. The molecule has 1 atom stereocenters. The second kappa shape index (κ2) is 7.06. The average Bonchev–Trinajstić information content (AvgIpc) is 2.82. The molecule has 0 spiro atoms. The maximum Gasteiger partial charge on any atom is 0.0841 e. The van der Waals surface area contributed by atoms with Crippen molar-refractivity contribution in [3.63, 3.8) is 0 Å². The van der Waals surface area contributed by atoms with Crippen LogP contribution in [0, 0.1) is 0 Å². The number of para-hydroxylation sites is 1. The molecule has 0 aliphatic rings. The van der Waals surface area contributed by atoms with Gasteiger partial charge in [-0.2, -0.15) is 5.10 Å². The standard InChI is InChI=1S/C15H22BrN3/c1-3-12(9-10-16)17-11-14-13-7-5-6-8-15(13)19(4-2)18-14/h5-8,12,17H,3-4,9-11H2,1-2H3. The van der Waals surface area contributed by atoms with Crippen molar-refractivity contribution in [3.8, 4) is 0 Å². The van der Waals surface area contributed by atoms with Crippen LogP contribution in [0.3, 0.4) is 0 Å². The van der Waals surface area contributed by atoms with Crippen LogP contribution in [0.5, 0.6) is 0 Å². The molecule has 2 rings (SSSR count). The predicted molar refractivity (Wildman–Crippen MR) is 84.7 cm³/mol. The molecular formula is C15H22BrN3. The van der Waals surface area contributed by atoms with E-state index >= 15 is 0 Å². The number of fused-ring (bicyclic) bond motifs is 1. The molecule has 2 aromatic rings. The molecule has 0 aliphatic heterocycles. The van der Waals surface area contributed by atoms with Crippen LogP contribution in [0.1, 0.15) is 32.4 Å². The van der Waals surface area contributed by atoms with Gasteiger partial charge in [0.1, 0.15) is 0 Å². The second-order valence-electron chi connectivity index (χ2n) is 4.74. The summed E-state index contributed by atoms with van der Waals surface area (Å²) in [4.78, 5) is 0. The van der Waals surface area contributed by atoms with E-state index in [9.17, 15) is 0 Å². The van der Waals surface area contributed by atoms with Gasteiger partial charge >= 0.3 is 0 Å². The van der Waals surface area contributed by atoms with Gasteiger partial charge < -0.3 is 5.32 Å². The smallest absolute Gasteiger partial charge is 0.0841 e. The van der Waals surface area contributed by atoms with Gasteiger partial charge in [-0.05, 0) is 25.8 Å². The highest BCUT2D eigenvalue weighted by molar-refractivity contribution is 9.09. The third kappa shape index (κ3) is 3.37. The maximum atomic E-state index is 4.72. The van der Waals surface area contributed by atoms with Gasteiger partial charge in [0.25, 0.3) is 0 Å². The van der Waals surface area contributed by atoms with Crippen molar-refractivity contribution < 1.29 is 0 Å². The first kappa shape index (κ1) is 14.5. The molecular weight excluding hydrogens is 302 g/mol. The quantitative estimate of drug-likeness (QED) is 0.787. The number of hydrogen-bond donors (Lipinski definition) is 1. The van der Waals surface area contributed by atoms with Crippen LogP contribution >= 0.6 is 15.9 Å². The summed E-state index contributed by atoms with van der Waals surface area (Å²) in [5.41, 5.74) is 2.39. The zero-order chi connectivity index (χ0) is 13.7. The van der Waals surface area contributed by atoms with Gasteiger partial charge in [0.15, 0.2) is 0 Å². The molecule has 1 heterocycles. The zero-order valence-corrected chi connectivity index (χ0v) is 13.3. The Morgan fingerprint density at radius 3 is 2.79 bits per heavy atom. The Labute approximate surface area is 123 Å². The third-order valence-electron chi connectivity index (χ3n) is 3.54. The van der Waals surface area contributed by atoms with Crippen molar-refractivity contribution in [1.82, 2.24) is 15.1 Å². The summed E-state index contributed by atoms with van der Waals surface area (Å²) in [6.45, 7) is 6.12. The van der Waals surface area contributed by atoms with E-state index in [1.54, 1.807) is 0 Å². The summed E-state index contributed by atoms with van der Waals surface area (Å²) in [6, 6.07) is 9.03. The molecule has 3 nitrogen and oxygen atoms in total. The molecule has 1 unspecified atom stereocenters. The van der Waals surface area contributed by atoms with Gasteiger partial charge in [0.05, 0.1) is 11.2 Å². The van der Waals surface area contributed by atoms with E-state index in [4.69, 9.17) is 5.10 Å². The SMILES string of the molecule is CCC(CCBr)NCc1nn(CC)c2ccccc12. The summed E-state index contributed by atoms with van der Waals surface area (Å²) in [5, 5.41) is 10.6. The Morgan fingerprint density at radius 1 is 1.32 bits per heavy atom. The van der Waals surface area contributed by atoms with E-state index in [-0.39, 0.29) is 0 Å². The van der Waals surface area contributed by atoms with Crippen molar-refractivity contribution in [2.75, 3.05) is 5.33 Å². The summed E-state index contributed by atoms with van der Waals surface area (Å²) < 4.78 is 2.08. The highest BCUT2D eigenvalue weighted by Gasteiger charge is 2.11. The first-order valence-electron chi connectivity index (χ1n) is 7.03. The molecule has 0 aliphatic carbocycles. The van der Waals surface area contributed by atoms with Gasteiger partial charge in [0, 0.05) is 29.8 Å². The summed E-state index contributed by atoms with van der Waals surface area (Å²) >= 11 is 3.51. The second-order valence-corrected chi connectivity index (χ2v) is 5.54. The molecule has 0 saturated carbocycles. The van der Waals surface area contributed by atoms with Crippen LogP contribution in [-0.2, 0) is 13.1 Å². The van der Waals surface area contributed by atoms with Crippen LogP contribution < -0.4 is 5.32 Å². The minimum absolute atomic E-state index is 0.560. The number of hydrogen-bond acceptors (Lipinski definition) is 2. The zero-order valence-electron chi connectivity index (χ0n) is 11.7. The fraction of sp³-hybridized carbons (Fsp3) is 0.533. The molecule has 0 saturated heterocycles. The van der Waals surface area contributed by atoms with E-state index in [1.165, 1.54) is 10.9 Å². The molecule has 1 aromatic heterocycles. The number of nitrogens with one attached hydrogen (secondary N) is 1. The van der Waals surface area contributed by atoms with E-state index < -0.39 is 0 Å². The molecule has 0 radical (unpaired) electrons. The first-order valence-corrected chi connectivity index (χ1v) is 8.16. The van der Waals surface area contributed by atoms with Gasteiger partial charge in [-0.15, -0.1) is 0 Å². The Hall–Kier alpha value is -0.870. The lowest BCUT2D eigenvalue weighted by Gasteiger charge is -2.14. The van der Waals surface area contributed by atoms with Crippen LogP contribution in [-0.4, -0.2) is 21.2 Å². The van der Waals surface area contributed by atoms with E-state index in [0.29, 0.717) is 6.04 Å². The van der Waals surface area contributed by atoms with Crippen molar-refractivity contribution in [2.24, 2.45) is 0 Å². The Bertz CT molecular complexity index is 521. The Kier molecular flexibility index (Phi) is 5.40. The summed E-state index contributed by atoms with van der Waals surface area (Å²) in [5.74, 6) is 0. The number of rotatable bonds is 7. The topological polar surface area (TPSA) is 29.9 Å². The molecule has 0 bridgehead atoms. The van der Waals surface area contributed by atoms with Crippen LogP contribution in [0.15, 0.2) is 24.3 Å². The third-order valence-corrected chi connectivity index (χ3v) is 4.00. The Balaban J connectivity index is 2.16. The van der Waals surface area contributed by atoms with Crippen molar-refractivity contribution in [2.45, 2.75) is 45.8 Å². The van der Waals surface area contributed by atoms with Crippen LogP contribution in [0.4, 0.5) is 0 Å². The highest BCUT2D eigenvalue weighted by atomic mass is 79.9. The normalized spacial score (nSPS) is 13.0. The highest BCUT2D eigenvalue weighted by Crippen LogP contribution is 2.18. The minimum Gasteiger partial charge on any atom is -0.308 e. The fourth-order valence-electron chi connectivity index (χ4n) is 2.39. The van der Waals surface area contributed by atoms with E-state index in [2.05, 4.69) is 64.0 Å². The van der Waals surface area contributed by atoms with Crippen LogP contribution in [0.2, 0.25) is 0 Å². The average molecular weight is 324 g/mol. The molecule has 1 N–H and O–H groups in total. The van der Waals surface area contributed by atoms with Gasteiger partial charge in [-0.25, -0.2) is 0 Å². The fourth-order valence-corrected chi connectivity index (χ4v) is 2.94. The number of aromatic nitrogens is 2. The van der Waals surface area contributed by atoms with Gasteiger partial charge in [0.2, 0.25) is 0 Å². The number of halogens is 1. The summed E-state index contributed by atoms with van der Waals surface area (Å²) in [6.07, 6.45) is 2.31. The lowest BCUT2D eigenvalue weighted by atomic mass is 10.1. The monoisotopic (exact) mass is 323 g/mol. The van der Waals surface area contributed by atoms with Gasteiger partial charge in [-0.1, -0.05) is 41.1 Å². The molecule has 104 valence electrons. The number of alkyl halides is 1. The van der Waals surface area contributed by atoms with Crippen molar-refractivity contribution in [3.05, 3.63) is 30.0 Å².